The van der Waals surface area contributed by atoms with Gasteiger partial charge in [0.15, 0.2) is 12.5 Å². The number of ether oxygens (including phenoxy) is 2. The Hall–Kier alpha value is -0.890. The summed E-state index contributed by atoms with van der Waals surface area (Å²) in [6.45, 7) is 2.89. The van der Waals surface area contributed by atoms with Crippen molar-refractivity contribution >= 4 is 6.29 Å². The van der Waals surface area contributed by atoms with Crippen LogP contribution in [-0.4, -0.2) is 50.3 Å². The first-order chi connectivity index (χ1) is 6.38. The van der Waals surface area contributed by atoms with Crippen LogP contribution >= 0.6 is 0 Å². The molecule has 13 heavy (non-hydrogen) atoms. The molecule has 0 aromatic rings. The fourth-order valence-corrected chi connectivity index (χ4v) is 1.20. The molecule has 0 bridgehead atoms. The lowest BCUT2D eigenvalue weighted by Gasteiger charge is -2.30. The predicted octanol–water partition coefficient (Wildman–Crippen LogP) is -0.507. The van der Waals surface area contributed by atoms with Gasteiger partial charge in [-0.1, -0.05) is 5.92 Å². The summed E-state index contributed by atoms with van der Waals surface area (Å²) >= 11 is 0. The molecule has 0 radical (unpaired) electrons. The van der Waals surface area contributed by atoms with Gasteiger partial charge in [0.2, 0.25) is 0 Å². The Kier molecular flexibility index (Phi) is 4.47. The number of nitrogens with zero attached hydrogens (tertiary/aromatic N) is 1. The molecule has 0 aromatic heterocycles. The maximum Gasteiger partial charge on any atom is 0.168 e. The largest absolute Gasteiger partial charge is 0.379 e. The minimum atomic E-state index is -0.514. The Labute approximate surface area is 77.8 Å². The first-order valence-electron chi connectivity index (χ1n) is 4.20. The second kappa shape index (κ2) is 5.70. The van der Waals surface area contributed by atoms with E-state index in [1.165, 1.54) is 0 Å². The molecule has 0 saturated carbocycles. The highest BCUT2D eigenvalue weighted by molar-refractivity contribution is 5.55. The van der Waals surface area contributed by atoms with Gasteiger partial charge in [-0.2, -0.15) is 0 Å². The van der Waals surface area contributed by atoms with Crippen molar-refractivity contribution in [1.82, 2.24) is 4.90 Å². The molecule has 1 fully saturated rings. The number of rotatable bonds is 4. The van der Waals surface area contributed by atoms with Crippen molar-refractivity contribution in [2.24, 2.45) is 0 Å². The second-order valence-corrected chi connectivity index (χ2v) is 2.69. The van der Waals surface area contributed by atoms with Crippen LogP contribution in [0.4, 0.5) is 0 Å². The highest BCUT2D eigenvalue weighted by Gasteiger charge is 2.20. The van der Waals surface area contributed by atoms with Gasteiger partial charge in [-0.25, -0.2) is 0 Å². The van der Waals surface area contributed by atoms with Crippen molar-refractivity contribution in [3.05, 3.63) is 0 Å². The van der Waals surface area contributed by atoms with Gasteiger partial charge in [0, 0.05) is 13.1 Å². The molecule has 72 valence electrons. The van der Waals surface area contributed by atoms with Crippen LogP contribution in [0.1, 0.15) is 0 Å². The average molecular weight is 183 g/mol. The highest BCUT2D eigenvalue weighted by Crippen LogP contribution is 2.02. The van der Waals surface area contributed by atoms with E-state index >= 15 is 0 Å². The van der Waals surface area contributed by atoms with Crippen LogP contribution in [0.15, 0.2) is 0 Å². The molecule has 4 heteroatoms. The minimum absolute atomic E-state index is 0.167. The molecule has 0 spiro atoms. The number of terminal acetylenes is 1. The lowest BCUT2D eigenvalue weighted by atomic mass is 10.4. The highest BCUT2D eigenvalue weighted by atomic mass is 16.5. The molecule has 1 saturated heterocycles. The van der Waals surface area contributed by atoms with E-state index in [1.807, 2.05) is 4.90 Å². The lowest BCUT2D eigenvalue weighted by Crippen LogP contribution is -2.45. The van der Waals surface area contributed by atoms with Gasteiger partial charge in [0.25, 0.3) is 0 Å². The van der Waals surface area contributed by atoms with Crippen LogP contribution in [0.3, 0.4) is 0 Å². The summed E-state index contributed by atoms with van der Waals surface area (Å²) in [6, 6.07) is 0. The van der Waals surface area contributed by atoms with Crippen molar-refractivity contribution in [1.29, 1.82) is 0 Å². The SMILES string of the molecule is C#CCOC(C=O)N1CCOCC1. The number of carbonyl (C=O) groups is 1. The number of hydrogen-bond donors (Lipinski definition) is 0. The molecule has 0 aliphatic carbocycles. The molecule has 1 rings (SSSR count). The van der Waals surface area contributed by atoms with E-state index in [4.69, 9.17) is 15.9 Å². The van der Waals surface area contributed by atoms with Crippen molar-refractivity contribution in [3.8, 4) is 12.3 Å². The maximum absolute atomic E-state index is 10.6. The molecular weight excluding hydrogens is 170 g/mol. The van der Waals surface area contributed by atoms with E-state index < -0.39 is 6.23 Å². The quantitative estimate of drug-likeness (QED) is 0.435. The fraction of sp³-hybridized carbons (Fsp3) is 0.667. The first kappa shape index (κ1) is 10.2. The van der Waals surface area contributed by atoms with Gasteiger partial charge in [0.05, 0.1) is 13.2 Å². The van der Waals surface area contributed by atoms with Crippen LogP contribution in [-0.2, 0) is 14.3 Å². The van der Waals surface area contributed by atoms with Gasteiger partial charge in [-0.15, -0.1) is 6.42 Å². The lowest BCUT2D eigenvalue weighted by molar-refractivity contribution is -0.135. The van der Waals surface area contributed by atoms with E-state index in [1.54, 1.807) is 0 Å². The average Bonchev–Trinajstić information content (AvgIpc) is 2.21. The molecule has 0 aromatic carbocycles. The Morgan fingerprint density at radius 3 is 2.85 bits per heavy atom. The summed E-state index contributed by atoms with van der Waals surface area (Å²) in [5.41, 5.74) is 0. The zero-order valence-electron chi connectivity index (χ0n) is 7.44. The van der Waals surface area contributed by atoms with Crippen molar-refractivity contribution in [3.63, 3.8) is 0 Å². The van der Waals surface area contributed by atoms with E-state index in [-0.39, 0.29) is 6.61 Å². The molecular formula is C9H13NO3. The van der Waals surface area contributed by atoms with E-state index in [0.717, 1.165) is 6.29 Å². The van der Waals surface area contributed by atoms with Gasteiger partial charge in [-0.3, -0.25) is 9.69 Å². The van der Waals surface area contributed by atoms with Gasteiger partial charge >= 0.3 is 0 Å². The third-order valence-corrected chi connectivity index (χ3v) is 1.86. The van der Waals surface area contributed by atoms with Crippen molar-refractivity contribution in [2.75, 3.05) is 32.9 Å². The molecule has 1 heterocycles. The smallest absolute Gasteiger partial charge is 0.168 e. The fourth-order valence-electron chi connectivity index (χ4n) is 1.20. The van der Waals surface area contributed by atoms with Crippen LogP contribution in [0, 0.1) is 12.3 Å². The van der Waals surface area contributed by atoms with Crippen LogP contribution in [0.5, 0.6) is 0 Å². The first-order valence-corrected chi connectivity index (χ1v) is 4.20. The van der Waals surface area contributed by atoms with Crippen LogP contribution in [0.2, 0.25) is 0 Å². The normalized spacial score (nSPS) is 20.5. The number of aldehydes is 1. The van der Waals surface area contributed by atoms with Crippen molar-refractivity contribution in [2.45, 2.75) is 6.23 Å². The minimum Gasteiger partial charge on any atom is -0.379 e. The van der Waals surface area contributed by atoms with Crippen LogP contribution < -0.4 is 0 Å². The summed E-state index contributed by atoms with van der Waals surface area (Å²) in [7, 11) is 0. The third-order valence-electron chi connectivity index (χ3n) is 1.86. The predicted molar refractivity (Wildman–Crippen MR) is 47.0 cm³/mol. The van der Waals surface area contributed by atoms with Crippen molar-refractivity contribution < 1.29 is 14.3 Å². The monoisotopic (exact) mass is 183 g/mol. The molecule has 1 atom stereocenters. The van der Waals surface area contributed by atoms with Gasteiger partial charge < -0.3 is 9.47 Å². The summed E-state index contributed by atoms with van der Waals surface area (Å²) in [5, 5.41) is 0. The Balaban J connectivity index is 2.35. The van der Waals surface area contributed by atoms with Crippen LogP contribution in [0.25, 0.3) is 0 Å². The summed E-state index contributed by atoms with van der Waals surface area (Å²) in [5.74, 6) is 2.33. The molecule has 1 aliphatic rings. The molecule has 0 N–H and O–H groups in total. The third kappa shape index (κ3) is 3.15. The van der Waals surface area contributed by atoms with Gasteiger partial charge in [0.1, 0.15) is 6.61 Å². The van der Waals surface area contributed by atoms with E-state index in [0.29, 0.717) is 26.3 Å². The Morgan fingerprint density at radius 1 is 1.62 bits per heavy atom. The number of morpholine rings is 1. The van der Waals surface area contributed by atoms with Gasteiger partial charge in [-0.05, 0) is 0 Å². The van der Waals surface area contributed by atoms with E-state index in [9.17, 15) is 4.79 Å². The Bertz CT molecular complexity index is 194. The summed E-state index contributed by atoms with van der Waals surface area (Å²) < 4.78 is 10.3. The number of hydrogen-bond acceptors (Lipinski definition) is 4. The van der Waals surface area contributed by atoms with E-state index in [2.05, 4.69) is 5.92 Å². The molecule has 4 nitrogen and oxygen atoms in total. The summed E-state index contributed by atoms with van der Waals surface area (Å²) in [6.07, 6.45) is 5.28. The topological polar surface area (TPSA) is 38.8 Å². The summed E-state index contributed by atoms with van der Waals surface area (Å²) in [4.78, 5) is 12.5. The molecule has 1 unspecified atom stereocenters. The zero-order chi connectivity index (χ0) is 9.52. The standard InChI is InChI=1S/C9H13NO3/c1-2-5-13-9(8-11)10-3-6-12-7-4-10/h1,8-9H,3-7H2. The number of carbonyl (C=O) groups excluding carboxylic acids is 1. The Morgan fingerprint density at radius 2 is 2.31 bits per heavy atom. The molecule has 0 amide bonds. The second-order valence-electron chi connectivity index (χ2n) is 2.69. The zero-order valence-corrected chi connectivity index (χ0v) is 7.44. The maximum atomic E-state index is 10.6. The molecule has 1 aliphatic heterocycles.